The number of fused-ring (bicyclic) bond motifs is 1. The average Bonchev–Trinajstić information content (AvgIpc) is 3.29. The number of halogens is 2. The minimum atomic E-state index is -0.394. The number of rotatable bonds is 6. The van der Waals surface area contributed by atoms with Gasteiger partial charge in [0.25, 0.3) is 5.91 Å². The van der Waals surface area contributed by atoms with Crippen molar-refractivity contribution in [2.75, 3.05) is 5.32 Å². The van der Waals surface area contributed by atoms with Crippen LogP contribution in [-0.2, 0) is 17.8 Å². The molecule has 30 heavy (non-hydrogen) atoms. The Kier molecular flexibility index (Phi) is 5.78. The van der Waals surface area contributed by atoms with Crippen molar-refractivity contribution in [2.24, 2.45) is 0 Å². The van der Waals surface area contributed by atoms with Crippen molar-refractivity contribution in [3.05, 3.63) is 81.4 Å². The third-order valence-electron chi connectivity index (χ3n) is 4.36. The Bertz CT molecular complexity index is 1220. The van der Waals surface area contributed by atoms with E-state index in [1.165, 1.54) is 23.5 Å². The molecule has 0 aliphatic rings. The Morgan fingerprint density at radius 1 is 1.10 bits per heavy atom. The zero-order valence-corrected chi connectivity index (χ0v) is 17.1. The predicted octanol–water partition coefficient (Wildman–Crippen LogP) is 4.53. The van der Waals surface area contributed by atoms with Gasteiger partial charge in [-0.15, -0.1) is 11.3 Å². The van der Waals surface area contributed by atoms with E-state index in [1.54, 1.807) is 30.3 Å². The molecule has 0 atom stereocenters. The lowest BCUT2D eigenvalue weighted by Crippen LogP contribution is -2.21. The summed E-state index contributed by atoms with van der Waals surface area (Å²) in [5.74, 6) is -0.612. The minimum absolute atomic E-state index is 0.0185. The van der Waals surface area contributed by atoms with Crippen molar-refractivity contribution in [2.45, 2.75) is 13.0 Å². The van der Waals surface area contributed by atoms with Crippen LogP contribution < -0.4 is 10.6 Å². The number of aromatic nitrogens is 2. The molecular formula is C21H16ClFN4O2S. The second kappa shape index (κ2) is 8.64. The Morgan fingerprint density at radius 2 is 1.90 bits per heavy atom. The molecule has 2 aromatic heterocycles. The lowest BCUT2D eigenvalue weighted by atomic mass is 10.1. The van der Waals surface area contributed by atoms with Crippen LogP contribution in [0.15, 0.2) is 54.6 Å². The molecule has 4 aromatic rings. The Morgan fingerprint density at radius 3 is 2.67 bits per heavy atom. The van der Waals surface area contributed by atoms with Gasteiger partial charge in [-0.3, -0.25) is 14.7 Å². The Hall–Kier alpha value is -3.23. The largest absolute Gasteiger partial charge is 0.347 e. The maximum atomic E-state index is 13.3. The van der Waals surface area contributed by atoms with Gasteiger partial charge in [0, 0.05) is 11.6 Å². The molecule has 0 unspecified atom stereocenters. The molecule has 0 radical (unpaired) electrons. The molecule has 0 spiro atoms. The van der Waals surface area contributed by atoms with Gasteiger partial charge in [-0.05, 0) is 41.5 Å². The Balaban J connectivity index is 1.42. The number of nitrogens with zero attached hydrogens (tertiary/aromatic N) is 1. The highest BCUT2D eigenvalue weighted by Crippen LogP contribution is 2.29. The molecule has 3 N–H and O–H groups in total. The number of aromatic amines is 1. The van der Waals surface area contributed by atoms with Crippen LogP contribution in [0, 0.1) is 5.82 Å². The fourth-order valence-corrected chi connectivity index (χ4v) is 3.95. The molecule has 6 nitrogen and oxygen atoms in total. The van der Waals surface area contributed by atoms with Crippen LogP contribution in [0.1, 0.15) is 20.8 Å². The number of thiophene rings is 1. The summed E-state index contributed by atoms with van der Waals surface area (Å²) in [5, 5.41) is 13.8. The first-order chi connectivity index (χ1) is 14.5. The van der Waals surface area contributed by atoms with Gasteiger partial charge < -0.3 is 10.6 Å². The maximum Gasteiger partial charge on any atom is 0.261 e. The fraction of sp³-hybridized carbons (Fsp3) is 0.0952. The summed E-state index contributed by atoms with van der Waals surface area (Å²) in [4.78, 5) is 25.9. The molecule has 2 aromatic carbocycles. The van der Waals surface area contributed by atoms with Crippen molar-refractivity contribution in [3.63, 3.8) is 0 Å². The van der Waals surface area contributed by atoms with Crippen molar-refractivity contribution in [3.8, 4) is 0 Å². The number of carbonyl (C=O) groups excluding carboxylic acids is 2. The number of hydrogen-bond acceptors (Lipinski definition) is 4. The third kappa shape index (κ3) is 4.67. The lowest BCUT2D eigenvalue weighted by molar-refractivity contribution is -0.115. The molecule has 152 valence electrons. The van der Waals surface area contributed by atoms with E-state index in [1.807, 2.05) is 12.1 Å². The summed E-state index contributed by atoms with van der Waals surface area (Å²) in [6, 6.07) is 14.8. The predicted molar refractivity (Wildman–Crippen MR) is 115 cm³/mol. The topological polar surface area (TPSA) is 86.9 Å². The number of H-pyrrole nitrogens is 1. The third-order valence-corrected chi connectivity index (χ3v) is 5.65. The highest BCUT2D eigenvalue weighted by Gasteiger charge is 2.16. The minimum Gasteiger partial charge on any atom is -0.347 e. The lowest BCUT2D eigenvalue weighted by Gasteiger charge is -2.04. The van der Waals surface area contributed by atoms with Crippen LogP contribution in [0.25, 0.3) is 10.2 Å². The normalized spacial score (nSPS) is 10.9. The number of benzene rings is 2. The SMILES string of the molecule is O=C(Cc1cccc(F)c1)Nc1n[nH]c2sc(C(=O)NCc3ccc(Cl)cc3)cc12. The summed E-state index contributed by atoms with van der Waals surface area (Å²) >= 11 is 7.11. The molecule has 0 aliphatic carbocycles. The van der Waals surface area contributed by atoms with E-state index in [9.17, 15) is 14.0 Å². The fourth-order valence-electron chi connectivity index (χ4n) is 2.90. The molecule has 2 heterocycles. The average molecular weight is 443 g/mol. The number of amides is 2. The Labute approximate surface area is 180 Å². The summed E-state index contributed by atoms with van der Waals surface area (Å²) in [6.07, 6.45) is 0.0185. The van der Waals surface area contributed by atoms with Crippen LogP contribution >= 0.6 is 22.9 Å². The number of nitrogens with one attached hydrogen (secondary N) is 3. The van der Waals surface area contributed by atoms with Gasteiger partial charge in [0.15, 0.2) is 5.82 Å². The zero-order valence-electron chi connectivity index (χ0n) is 15.5. The monoisotopic (exact) mass is 442 g/mol. The van der Waals surface area contributed by atoms with Gasteiger partial charge in [0.05, 0.1) is 16.7 Å². The van der Waals surface area contributed by atoms with Crippen molar-refractivity contribution in [1.29, 1.82) is 0 Å². The van der Waals surface area contributed by atoms with E-state index in [4.69, 9.17) is 11.6 Å². The first-order valence-electron chi connectivity index (χ1n) is 9.03. The van der Waals surface area contributed by atoms with Crippen molar-refractivity contribution in [1.82, 2.24) is 15.5 Å². The van der Waals surface area contributed by atoms with E-state index in [0.29, 0.717) is 38.0 Å². The van der Waals surface area contributed by atoms with Gasteiger partial charge in [-0.2, -0.15) is 5.10 Å². The molecule has 0 fully saturated rings. The smallest absolute Gasteiger partial charge is 0.261 e. The first kappa shape index (κ1) is 20.1. The van der Waals surface area contributed by atoms with Gasteiger partial charge in [-0.25, -0.2) is 4.39 Å². The van der Waals surface area contributed by atoms with Gasteiger partial charge in [0.1, 0.15) is 10.6 Å². The van der Waals surface area contributed by atoms with Crippen LogP contribution in [0.2, 0.25) is 5.02 Å². The van der Waals surface area contributed by atoms with Crippen LogP contribution in [-0.4, -0.2) is 22.0 Å². The number of carbonyl (C=O) groups is 2. The summed E-state index contributed by atoms with van der Waals surface area (Å²) in [7, 11) is 0. The molecule has 0 bridgehead atoms. The van der Waals surface area contributed by atoms with Gasteiger partial charge in [0.2, 0.25) is 5.91 Å². The van der Waals surface area contributed by atoms with Crippen molar-refractivity contribution >= 4 is 50.8 Å². The molecule has 0 saturated heterocycles. The van der Waals surface area contributed by atoms with Crippen LogP contribution in [0.3, 0.4) is 0 Å². The van der Waals surface area contributed by atoms with E-state index >= 15 is 0 Å². The van der Waals surface area contributed by atoms with Crippen LogP contribution in [0.4, 0.5) is 10.2 Å². The highest BCUT2D eigenvalue weighted by molar-refractivity contribution is 7.20. The van der Waals surface area contributed by atoms with Gasteiger partial charge in [-0.1, -0.05) is 35.9 Å². The van der Waals surface area contributed by atoms with E-state index in [0.717, 1.165) is 5.56 Å². The van der Waals surface area contributed by atoms with E-state index < -0.39 is 5.82 Å². The van der Waals surface area contributed by atoms with E-state index in [-0.39, 0.29) is 18.2 Å². The molecule has 0 aliphatic heterocycles. The summed E-state index contributed by atoms with van der Waals surface area (Å²) in [6.45, 7) is 0.372. The molecular weight excluding hydrogens is 427 g/mol. The number of hydrogen-bond donors (Lipinski definition) is 3. The van der Waals surface area contributed by atoms with Crippen molar-refractivity contribution < 1.29 is 14.0 Å². The summed E-state index contributed by atoms with van der Waals surface area (Å²) < 4.78 is 13.3. The zero-order chi connectivity index (χ0) is 21.1. The second-order valence-electron chi connectivity index (χ2n) is 6.59. The second-order valence-corrected chi connectivity index (χ2v) is 8.08. The molecule has 2 amide bonds. The maximum absolute atomic E-state index is 13.3. The van der Waals surface area contributed by atoms with E-state index in [2.05, 4.69) is 20.8 Å². The quantitative estimate of drug-likeness (QED) is 0.410. The highest BCUT2D eigenvalue weighted by atomic mass is 35.5. The molecule has 9 heteroatoms. The first-order valence-corrected chi connectivity index (χ1v) is 10.2. The standard InChI is InChI=1S/C21H16ClFN4O2S/c22-14-6-4-12(5-7-14)11-24-20(29)17-10-16-19(26-27-21(16)30-17)25-18(28)9-13-2-1-3-15(23)8-13/h1-8,10H,9,11H2,(H,24,29)(H2,25,26,27,28). The molecule has 0 saturated carbocycles. The number of anilines is 1. The van der Waals surface area contributed by atoms with Crippen LogP contribution in [0.5, 0.6) is 0 Å². The summed E-state index contributed by atoms with van der Waals surface area (Å²) in [5.41, 5.74) is 1.49. The van der Waals surface area contributed by atoms with Gasteiger partial charge >= 0.3 is 0 Å². The molecule has 4 rings (SSSR count).